The Labute approximate surface area is 196 Å². The summed E-state index contributed by atoms with van der Waals surface area (Å²) in [6, 6.07) is 6.40. The number of hydrogen-bond acceptors (Lipinski definition) is 10. The van der Waals surface area contributed by atoms with E-state index in [0.29, 0.717) is 11.3 Å². The molecule has 0 aromatic heterocycles. The molecule has 0 aliphatic carbocycles. The molecule has 1 aromatic carbocycles. The Morgan fingerprint density at radius 1 is 0.970 bits per heavy atom. The quantitative estimate of drug-likeness (QED) is 0.329. The molecule has 0 saturated carbocycles. The van der Waals surface area contributed by atoms with Gasteiger partial charge in [-0.25, -0.2) is 4.79 Å². The smallest absolute Gasteiger partial charge is 0.338 e. The predicted octanol–water partition coefficient (Wildman–Crippen LogP) is 1.30. The third kappa shape index (κ3) is 7.99. The molecule has 0 unspecified atom stereocenters. The SMILES string of the molecule is CCOC(=O)c1ccc(NC(=S)N[C@@H]2OC[C@H](OC(C)=O)[C@@H](OC(C)=O)[C@@H]2OC(C)=O)cc1. The molecule has 1 heterocycles. The van der Waals surface area contributed by atoms with Gasteiger partial charge in [-0.05, 0) is 43.4 Å². The Morgan fingerprint density at radius 2 is 1.55 bits per heavy atom. The van der Waals surface area contributed by atoms with Crippen LogP contribution in [-0.2, 0) is 38.1 Å². The largest absolute Gasteiger partial charge is 0.462 e. The highest BCUT2D eigenvalue weighted by Crippen LogP contribution is 2.23. The second-order valence-electron chi connectivity index (χ2n) is 6.95. The maximum Gasteiger partial charge on any atom is 0.338 e. The fourth-order valence-electron chi connectivity index (χ4n) is 3.07. The number of esters is 4. The van der Waals surface area contributed by atoms with E-state index in [-0.39, 0.29) is 18.3 Å². The minimum atomic E-state index is -1.16. The number of carbonyl (C=O) groups excluding carboxylic acids is 4. The van der Waals surface area contributed by atoms with Crippen molar-refractivity contribution in [1.82, 2.24) is 5.32 Å². The van der Waals surface area contributed by atoms with E-state index in [1.54, 1.807) is 31.2 Å². The standard InChI is InChI=1S/C21H26N2O9S/c1-5-28-20(27)14-6-8-15(9-7-14)22-21(33)23-19-18(32-13(4)26)17(31-12(3)25)16(10-29-19)30-11(2)24/h6-9,16-19H,5,10H2,1-4H3,(H2,22,23,33)/t16-,17+,18-,19+/m0/s1. The van der Waals surface area contributed by atoms with Gasteiger partial charge in [-0.3, -0.25) is 14.4 Å². The summed E-state index contributed by atoms with van der Waals surface area (Å²) >= 11 is 5.31. The molecule has 33 heavy (non-hydrogen) atoms. The van der Waals surface area contributed by atoms with Crippen molar-refractivity contribution in [2.24, 2.45) is 0 Å². The normalized spacial score (nSPS) is 21.8. The van der Waals surface area contributed by atoms with Crippen molar-refractivity contribution in [2.45, 2.75) is 52.2 Å². The van der Waals surface area contributed by atoms with Crippen LogP contribution < -0.4 is 10.6 Å². The van der Waals surface area contributed by atoms with Gasteiger partial charge < -0.3 is 34.3 Å². The van der Waals surface area contributed by atoms with E-state index in [1.807, 2.05) is 0 Å². The van der Waals surface area contributed by atoms with E-state index >= 15 is 0 Å². The average molecular weight is 483 g/mol. The number of ether oxygens (including phenoxy) is 5. The number of anilines is 1. The van der Waals surface area contributed by atoms with Gasteiger partial charge in [0.25, 0.3) is 0 Å². The highest BCUT2D eigenvalue weighted by atomic mass is 32.1. The number of carbonyl (C=O) groups is 4. The number of hydrogen-bond donors (Lipinski definition) is 2. The zero-order valence-corrected chi connectivity index (χ0v) is 19.4. The van der Waals surface area contributed by atoms with Crippen LogP contribution in [0, 0.1) is 0 Å². The molecule has 0 bridgehead atoms. The van der Waals surface area contributed by atoms with Gasteiger partial charge in [0, 0.05) is 26.5 Å². The lowest BCUT2D eigenvalue weighted by atomic mass is 10.0. The molecule has 0 radical (unpaired) electrons. The summed E-state index contributed by atoms with van der Waals surface area (Å²) in [5.74, 6) is -2.37. The molecule has 1 saturated heterocycles. The molecule has 1 aromatic rings. The van der Waals surface area contributed by atoms with Crippen LogP contribution in [0.1, 0.15) is 38.1 Å². The highest BCUT2D eigenvalue weighted by Gasteiger charge is 2.47. The molecule has 12 heteroatoms. The van der Waals surface area contributed by atoms with E-state index in [4.69, 9.17) is 35.9 Å². The lowest BCUT2D eigenvalue weighted by Gasteiger charge is -2.40. The highest BCUT2D eigenvalue weighted by molar-refractivity contribution is 7.80. The van der Waals surface area contributed by atoms with Crippen molar-refractivity contribution in [3.8, 4) is 0 Å². The molecular weight excluding hydrogens is 456 g/mol. The minimum Gasteiger partial charge on any atom is -0.462 e. The molecule has 1 aliphatic heterocycles. The number of rotatable bonds is 7. The van der Waals surface area contributed by atoms with E-state index in [9.17, 15) is 19.2 Å². The molecule has 1 fully saturated rings. The van der Waals surface area contributed by atoms with E-state index in [2.05, 4.69) is 10.6 Å². The molecule has 0 amide bonds. The van der Waals surface area contributed by atoms with Crippen LogP contribution in [0.5, 0.6) is 0 Å². The van der Waals surface area contributed by atoms with Gasteiger partial charge in [-0.2, -0.15) is 0 Å². The van der Waals surface area contributed by atoms with Crippen molar-refractivity contribution < 1.29 is 42.9 Å². The summed E-state index contributed by atoms with van der Waals surface area (Å²) in [7, 11) is 0. The van der Waals surface area contributed by atoms with E-state index in [1.165, 1.54) is 20.8 Å². The topological polar surface area (TPSA) is 138 Å². The first kappa shape index (κ1) is 26.0. The van der Waals surface area contributed by atoms with Crippen molar-refractivity contribution >= 4 is 46.9 Å². The van der Waals surface area contributed by atoms with Crippen LogP contribution in [0.15, 0.2) is 24.3 Å². The van der Waals surface area contributed by atoms with Gasteiger partial charge in [0.15, 0.2) is 29.7 Å². The Bertz CT molecular complexity index is 890. The van der Waals surface area contributed by atoms with Crippen molar-refractivity contribution in [1.29, 1.82) is 0 Å². The summed E-state index contributed by atoms with van der Waals surface area (Å²) in [6.07, 6.45) is -4.27. The summed E-state index contributed by atoms with van der Waals surface area (Å²) in [5, 5.41) is 5.88. The molecule has 2 rings (SSSR count). The second-order valence-corrected chi connectivity index (χ2v) is 7.35. The maximum absolute atomic E-state index is 11.8. The van der Waals surface area contributed by atoms with Gasteiger partial charge >= 0.3 is 23.9 Å². The zero-order chi connectivity index (χ0) is 24.5. The van der Waals surface area contributed by atoms with Gasteiger partial charge in [0.05, 0.1) is 18.8 Å². The Hall–Kier alpha value is -3.25. The third-order valence-electron chi connectivity index (χ3n) is 4.28. The first-order valence-electron chi connectivity index (χ1n) is 10.1. The van der Waals surface area contributed by atoms with Gasteiger partial charge in [-0.15, -0.1) is 0 Å². The molecule has 1 aliphatic rings. The molecule has 2 N–H and O–H groups in total. The maximum atomic E-state index is 11.8. The summed E-state index contributed by atoms with van der Waals surface area (Å²) < 4.78 is 26.4. The Balaban J connectivity index is 2.12. The number of benzene rings is 1. The average Bonchev–Trinajstić information content (AvgIpc) is 2.72. The van der Waals surface area contributed by atoms with Gasteiger partial charge in [0.2, 0.25) is 0 Å². The van der Waals surface area contributed by atoms with Gasteiger partial charge in [0.1, 0.15) is 0 Å². The summed E-state index contributed by atoms with van der Waals surface area (Å²) in [5.41, 5.74) is 0.947. The molecule has 0 spiro atoms. The van der Waals surface area contributed by atoms with Crippen LogP contribution in [0.2, 0.25) is 0 Å². The van der Waals surface area contributed by atoms with Crippen molar-refractivity contribution in [3.05, 3.63) is 29.8 Å². The summed E-state index contributed by atoms with van der Waals surface area (Å²) in [4.78, 5) is 46.5. The number of nitrogens with one attached hydrogen (secondary N) is 2. The van der Waals surface area contributed by atoms with Crippen LogP contribution in [-0.4, -0.2) is 66.7 Å². The molecule has 11 nitrogen and oxygen atoms in total. The number of thiocarbonyl (C=S) groups is 1. The molecule has 4 atom stereocenters. The van der Waals surface area contributed by atoms with Crippen molar-refractivity contribution in [3.63, 3.8) is 0 Å². The van der Waals surface area contributed by atoms with Crippen molar-refractivity contribution in [2.75, 3.05) is 18.5 Å². The third-order valence-corrected chi connectivity index (χ3v) is 4.50. The van der Waals surface area contributed by atoms with Crippen LogP contribution in [0.4, 0.5) is 5.69 Å². The zero-order valence-electron chi connectivity index (χ0n) is 18.6. The van der Waals surface area contributed by atoms with E-state index < -0.39 is 48.4 Å². The lowest BCUT2D eigenvalue weighted by molar-refractivity contribution is -0.227. The Morgan fingerprint density at radius 3 is 2.09 bits per heavy atom. The molecule has 180 valence electrons. The van der Waals surface area contributed by atoms with Crippen LogP contribution in [0.3, 0.4) is 0 Å². The first-order chi connectivity index (χ1) is 15.6. The fraction of sp³-hybridized carbons (Fsp3) is 0.476. The van der Waals surface area contributed by atoms with Crippen LogP contribution in [0.25, 0.3) is 0 Å². The minimum absolute atomic E-state index is 0.105. The van der Waals surface area contributed by atoms with E-state index in [0.717, 1.165) is 0 Å². The lowest BCUT2D eigenvalue weighted by Crippen LogP contribution is -2.62. The fourth-order valence-corrected chi connectivity index (χ4v) is 3.30. The first-order valence-corrected chi connectivity index (χ1v) is 10.5. The predicted molar refractivity (Wildman–Crippen MR) is 118 cm³/mol. The second kappa shape index (κ2) is 12.1. The van der Waals surface area contributed by atoms with Crippen LogP contribution >= 0.6 is 12.2 Å². The Kier molecular flexibility index (Phi) is 9.55. The van der Waals surface area contributed by atoms with Gasteiger partial charge in [-0.1, -0.05) is 0 Å². The monoisotopic (exact) mass is 482 g/mol. The summed E-state index contributed by atoms with van der Waals surface area (Å²) in [6.45, 7) is 5.41. The molecular formula is C21H26N2O9S.